The fraction of sp³-hybridized carbons (Fsp3) is 0.333. The molecule has 154 valence electrons. The Kier molecular flexibility index (Phi) is 4.84. The standard InChI is InChI=1S/C24H21N5OS/c25-11-16-15-6-1-2-9-20(15)31-24(16)29-18-7-3-8-19(30)22(18)21(17(12-26)23(29)27)14-5-4-10-28-13-14/h4-5,10,13,21H,1-3,6-9,27H2. The predicted octanol–water partition coefficient (Wildman–Crippen LogP) is 4.20. The Bertz CT molecular complexity index is 1230. The Balaban J connectivity index is 1.77. The maximum Gasteiger partial charge on any atom is 0.161 e. The molecule has 0 aromatic carbocycles. The van der Waals surface area contributed by atoms with E-state index >= 15 is 0 Å². The smallest absolute Gasteiger partial charge is 0.161 e. The van der Waals surface area contributed by atoms with Crippen molar-refractivity contribution in [3.05, 3.63) is 68.8 Å². The number of carbonyl (C=O) groups excluding carboxylic acids is 1. The van der Waals surface area contributed by atoms with Gasteiger partial charge in [0.15, 0.2) is 5.78 Å². The lowest BCUT2D eigenvalue weighted by Gasteiger charge is -2.39. The van der Waals surface area contributed by atoms with E-state index in [1.807, 2.05) is 17.0 Å². The summed E-state index contributed by atoms with van der Waals surface area (Å²) in [5, 5.41) is 20.8. The number of Topliss-reactive ketones (excluding diaryl/α,β-unsaturated/α-hetero) is 1. The molecule has 6 nitrogen and oxygen atoms in total. The van der Waals surface area contributed by atoms with Crippen LogP contribution in [0.25, 0.3) is 0 Å². The highest BCUT2D eigenvalue weighted by atomic mass is 32.1. The Morgan fingerprint density at radius 3 is 2.71 bits per heavy atom. The molecule has 31 heavy (non-hydrogen) atoms. The molecule has 0 saturated carbocycles. The minimum absolute atomic E-state index is 0.0418. The first-order valence-corrected chi connectivity index (χ1v) is 11.4. The monoisotopic (exact) mass is 427 g/mol. The van der Waals surface area contributed by atoms with Crippen molar-refractivity contribution in [2.75, 3.05) is 4.90 Å². The summed E-state index contributed by atoms with van der Waals surface area (Å²) in [5.74, 6) is -0.155. The van der Waals surface area contributed by atoms with E-state index in [0.717, 1.165) is 53.9 Å². The van der Waals surface area contributed by atoms with Gasteiger partial charge in [0.2, 0.25) is 0 Å². The number of hydrogen-bond donors (Lipinski definition) is 1. The first-order valence-electron chi connectivity index (χ1n) is 10.6. The number of rotatable bonds is 2. The summed E-state index contributed by atoms with van der Waals surface area (Å²) in [5.41, 5.74) is 11.0. The third-order valence-electron chi connectivity index (χ3n) is 6.40. The predicted molar refractivity (Wildman–Crippen MR) is 118 cm³/mol. The lowest BCUT2D eigenvalue weighted by Crippen LogP contribution is -2.38. The van der Waals surface area contributed by atoms with Gasteiger partial charge in [-0.05, 0) is 55.7 Å². The Morgan fingerprint density at radius 1 is 1.13 bits per heavy atom. The van der Waals surface area contributed by atoms with Crippen molar-refractivity contribution in [1.82, 2.24) is 4.98 Å². The van der Waals surface area contributed by atoms with Crippen molar-refractivity contribution < 1.29 is 4.79 Å². The molecule has 3 aliphatic rings. The summed E-state index contributed by atoms with van der Waals surface area (Å²) in [7, 11) is 0. The molecule has 2 aliphatic carbocycles. The summed E-state index contributed by atoms with van der Waals surface area (Å²) in [6, 6.07) is 8.36. The quantitative estimate of drug-likeness (QED) is 0.770. The number of anilines is 1. The van der Waals surface area contributed by atoms with Crippen molar-refractivity contribution >= 4 is 22.1 Å². The number of fused-ring (bicyclic) bond motifs is 1. The van der Waals surface area contributed by atoms with Gasteiger partial charge in [-0.1, -0.05) is 6.07 Å². The first-order chi connectivity index (χ1) is 15.2. The normalized spacial score (nSPS) is 20.8. The summed E-state index contributed by atoms with van der Waals surface area (Å²) >= 11 is 1.59. The summed E-state index contributed by atoms with van der Waals surface area (Å²) < 4.78 is 0. The average molecular weight is 428 g/mol. The fourth-order valence-corrected chi connectivity index (χ4v) is 6.40. The van der Waals surface area contributed by atoms with Crippen molar-refractivity contribution in [2.45, 2.75) is 50.9 Å². The highest BCUT2D eigenvalue weighted by Gasteiger charge is 2.42. The van der Waals surface area contributed by atoms with Gasteiger partial charge in [0.1, 0.15) is 16.9 Å². The van der Waals surface area contributed by atoms with Crippen LogP contribution in [0.1, 0.15) is 59.6 Å². The minimum atomic E-state index is -0.516. The number of aromatic nitrogens is 1. The molecule has 0 fully saturated rings. The second kappa shape index (κ2) is 7.68. The van der Waals surface area contributed by atoms with Gasteiger partial charge in [0.05, 0.1) is 23.1 Å². The van der Waals surface area contributed by atoms with E-state index in [9.17, 15) is 15.3 Å². The summed E-state index contributed by atoms with van der Waals surface area (Å²) in [4.78, 5) is 20.4. The van der Waals surface area contributed by atoms with Gasteiger partial charge < -0.3 is 5.73 Å². The van der Waals surface area contributed by atoms with Crippen LogP contribution in [-0.2, 0) is 17.6 Å². The highest BCUT2D eigenvalue weighted by Crippen LogP contribution is 2.49. The summed E-state index contributed by atoms with van der Waals surface area (Å²) in [6.07, 6.45) is 9.27. The molecule has 0 spiro atoms. The van der Waals surface area contributed by atoms with Gasteiger partial charge >= 0.3 is 0 Å². The van der Waals surface area contributed by atoms with E-state index in [2.05, 4.69) is 17.1 Å². The molecule has 1 unspecified atom stereocenters. The van der Waals surface area contributed by atoms with Gasteiger partial charge in [0, 0.05) is 35.0 Å². The minimum Gasteiger partial charge on any atom is -0.384 e. The van der Waals surface area contributed by atoms with Crippen LogP contribution in [0.15, 0.2) is 47.2 Å². The fourth-order valence-electron chi connectivity index (χ4n) is 5.02. The van der Waals surface area contributed by atoms with Crippen LogP contribution in [0.3, 0.4) is 0 Å². The Labute approximate surface area is 184 Å². The lowest BCUT2D eigenvalue weighted by atomic mass is 9.76. The van der Waals surface area contributed by atoms with Crippen LogP contribution >= 0.6 is 11.3 Å². The molecular formula is C24H21N5OS. The third-order valence-corrected chi connectivity index (χ3v) is 7.68. The van der Waals surface area contributed by atoms with Crippen molar-refractivity contribution in [1.29, 1.82) is 10.5 Å². The number of carbonyl (C=O) groups is 1. The van der Waals surface area contributed by atoms with Crippen molar-refractivity contribution in [3.63, 3.8) is 0 Å². The van der Waals surface area contributed by atoms with E-state index in [4.69, 9.17) is 5.73 Å². The van der Waals surface area contributed by atoms with E-state index in [1.165, 1.54) is 4.88 Å². The number of thiophene rings is 1. The van der Waals surface area contributed by atoms with Crippen LogP contribution in [0, 0.1) is 22.7 Å². The molecule has 2 aromatic rings. The maximum atomic E-state index is 13.2. The number of hydrogen-bond acceptors (Lipinski definition) is 7. The molecule has 5 rings (SSSR count). The molecule has 2 aromatic heterocycles. The molecule has 1 aliphatic heterocycles. The molecule has 3 heterocycles. The Hall–Kier alpha value is -3.42. The number of pyridine rings is 1. The van der Waals surface area contributed by atoms with Crippen LogP contribution in [0.5, 0.6) is 0 Å². The first kappa shape index (κ1) is 19.5. The number of ketones is 1. The second-order valence-corrected chi connectivity index (χ2v) is 9.19. The largest absolute Gasteiger partial charge is 0.384 e. The highest BCUT2D eigenvalue weighted by molar-refractivity contribution is 7.16. The SMILES string of the molecule is N#CC1=C(N)N(c2sc3c(c2C#N)CCCC3)C2=C(C(=O)CCC2)C1c1cccnc1. The average Bonchev–Trinajstić information content (AvgIpc) is 3.17. The Morgan fingerprint density at radius 2 is 1.97 bits per heavy atom. The van der Waals surface area contributed by atoms with Gasteiger partial charge in [0.25, 0.3) is 0 Å². The van der Waals surface area contributed by atoms with Crippen molar-refractivity contribution in [3.8, 4) is 12.1 Å². The molecule has 0 bridgehead atoms. The second-order valence-electron chi connectivity index (χ2n) is 8.11. The van der Waals surface area contributed by atoms with Gasteiger partial charge in [-0.2, -0.15) is 10.5 Å². The maximum absolute atomic E-state index is 13.2. The van der Waals surface area contributed by atoms with Crippen LogP contribution < -0.4 is 10.6 Å². The molecular weight excluding hydrogens is 406 g/mol. The third kappa shape index (κ3) is 2.97. The molecule has 1 atom stereocenters. The van der Waals surface area contributed by atoms with Crippen LogP contribution in [-0.4, -0.2) is 10.8 Å². The molecule has 2 N–H and O–H groups in total. The zero-order chi connectivity index (χ0) is 21.5. The number of aryl methyl sites for hydroxylation is 1. The molecule has 0 radical (unpaired) electrons. The van der Waals surface area contributed by atoms with Gasteiger partial charge in [-0.3, -0.25) is 14.7 Å². The van der Waals surface area contributed by atoms with Crippen LogP contribution in [0.4, 0.5) is 5.00 Å². The zero-order valence-electron chi connectivity index (χ0n) is 17.0. The van der Waals surface area contributed by atoms with E-state index in [0.29, 0.717) is 35.4 Å². The van der Waals surface area contributed by atoms with Crippen molar-refractivity contribution in [2.24, 2.45) is 5.73 Å². The summed E-state index contributed by atoms with van der Waals surface area (Å²) in [6.45, 7) is 0. The number of allylic oxidation sites excluding steroid dienone is 3. The van der Waals surface area contributed by atoms with Gasteiger partial charge in [-0.15, -0.1) is 11.3 Å². The number of nitrogens with zero attached hydrogens (tertiary/aromatic N) is 4. The molecule has 0 saturated heterocycles. The van der Waals surface area contributed by atoms with Gasteiger partial charge in [-0.25, -0.2) is 0 Å². The van der Waals surface area contributed by atoms with E-state index in [1.54, 1.807) is 23.7 Å². The number of nitrogens with two attached hydrogens (primary N) is 1. The van der Waals surface area contributed by atoms with Crippen LogP contribution in [0.2, 0.25) is 0 Å². The molecule has 7 heteroatoms. The van der Waals surface area contributed by atoms with E-state index < -0.39 is 5.92 Å². The zero-order valence-corrected chi connectivity index (χ0v) is 17.8. The molecule has 0 amide bonds. The van der Waals surface area contributed by atoms with E-state index in [-0.39, 0.29) is 5.78 Å². The number of nitriles is 2. The topological polar surface area (TPSA) is 107 Å². The lowest BCUT2D eigenvalue weighted by molar-refractivity contribution is -0.116.